The van der Waals surface area contributed by atoms with Crippen LogP contribution in [-0.4, -0.2) is 91.2 Å². The molecule has 1 aromatic heterocycles. The normalized spacial score (nSPS) is 17.1. The molecule has 3 fully saturated rings. The van der Waals surface area contributed by atoms with Crippen molar-refractivity contribution in [3.63, 3.8) is 0 Å². The Morgan fingerprint density at radius 2 is 1.46 bits per heavy atom. The predicted molar refractivity (Wildman–Crippen MR) is 224 cm³/mol. The van der Waals surface area contributed by atoms with Crippen LogP contribution in [0.4, 0.5) is 16.2 Å². The summed E-state index contributed by atoms with van der Waals surface area (Å²) in [4.78, 5) is 62.3. The lowest BCUT2D eigenvalue weighted by Crippen LogP contribution is -2.49. The first-order chi connectivity index (χ1) is 27.6. The molecular weight excluding hydrogens is 719 g/mol. The summed E-state index contributed by atoms with van der Waals surface area (Å²) in [5, 5.41) is 5.44. The topological polar surface area (TPSA) is 130 Å². The summed E-state index contributed by atoms with van der Waals surface area (Å²) in [5.74, 6) is -0.427. The van der Waals surface area contributed by atoms with Gasteiger partial charge in [0.1, 0.15) is 0 Å². The number of H-pyrrole nitrogens is 1. The van der Waals surface area contributed by atoms with Gasteiger partial charge in [-0.25, -0.2) is 4.79 Å². The van der Waals surface area contributed by atoms with Gasteiger partial charge in [0.2, 0.25) is 5.91 Å². The maximum atomic E-state index is 14.0. The molecule has 4 heterocycles. The molecule has 3 saturated heterocycles. The molecule has 0 unspecified atom stereocenters. The van der Waals surface area contributed by atoms with Crippen molar-refractivity contribution in [1.82, 2.24) is 25.4 Å². The van der Waals surface area contributed by atoms with Crippen molar-refractivity contribution in [3.8, 4) is 11.1 Å². The minimum absolute atomic E-state index is 0.151. The van der Waals surface area contributed by atoms with Crippen molar-refractivity contribution in [2.75, 3.05) is 62.3 Å². The average Bonchev–Trinajstić information content (AvgIpc) is 3.20. The molecule has 12 nitrogen and oxygen atoms in total. The lowest BCUT2D eigenvalue weighted by molar-refractivity contribution is -0.120. The van der Waals surface area contributed by atoms with Crippen molar-refractivity contribution in [2.45, 2.75) is 72.6 Å². The van der Waals surface area contributed by atoms with Gasteiger partial charge in [0.15, 0.2) is 0 Å². The Kier molecular flexibility index (Phi) is 12.5. The number of urea groups is 1. The van der Waals surface area contributed by atoms with E-state index in [1.54, 1.807) is 4.90 Å². The second kappa shape index (κ2) is 17.9. The highest BCUT2D eigenvalue weighted by atomic mass is 16.5. The number of carbonyl (C=O) groups excluding carboxylic acids is 3. The van der Waals surface area contributed by atoms with Gasteiger partial charge in [0.05, 0.1) is 0 Å². The number of aryl methyl sites for hydroxylation is 2. The molecule has 0 radical (unpaired) electrons. The first-order valence-corrected chi connectivity index (χ1v) is 20.3. The lowest BCUT2D eigenvalue weighted by Gasteiger charge is -2.37. The number of nitrogens with one attached hydrogen (secondary N) is 3. The van der Waals surface area contributed by atoms with Crippen LogP contribution in [0.3, 0.4) is 0 Å². The van der Waals surface area contributed by atoms with Crippen LogP contribution in [0.15, 0.2) is 71.5 Å². The summed E-state index contributed by atoms with van der Waals surface area (Å²) in [6, 6.07) is 22.9. The highest BCUT2D eigenvalue weighted by Crippen LogP contribution is 2.34. The molecule has 0 atom stereocenters. The summed E-state index contributed by atoms with van der Waals surface area (Å²) in [7, 11) is 0. The third-order valence-electron chi connectivity index (χ3n) is 11.7. The van der Waals surface area contributed by atoms with E-state index in [2.05, 4.69) is 79.7 Å². The summed E-state index contributed by atoms with van der Waals surface area (Å²) in [5.41, 5.74) is 9.91. The molecule has 0 saturated carbocycles. The third-order valence-corrected chi connectivity index (χ3v) is 11.7. The highest BCUT2D eigenvalue weighted by Gasteiger charge is 2.26. The van der Waals surface area contributed by atoms with Crippen LogP contribution >= 0.6 is 0 Å². The van der Waals surface area contributed by atoms with Crippen LogP contribution < -0.4 is 26.0 Å². The number of rotatable bonds is 12. The molecule has 4 amide bonds. The molecule has 3 N–H and O–H groups in total. The molecule has 3 aromatic carbocycles. The second-order valence-electron chi connectivity index (χ2n) is 15.6. The van der Waals surface area contributed by atoms with E-state index in [4.69, 9.17) is 4.74 Å². The van der Waals surface area contributed by atoms with Crippen molar-refractivity contribution in [1.29, 1.82) is 0 Å². The lowest BCUT2D eigenvalue weighted by atomic mass is 9.94. The molecular formula is C45H55N7O5. The SMILES string of the molecule is CCN(c1cc(-c2ccc(CN3CCN(Cc4ccc(N5CCC(=O)NC5=O)cc4)CC3)cc2)cc(C(=O)NCc2c(C)cc(C)[nH]c2=O)c1C)C1CCOCC1. The Hall–Kier alpha value is -5.30. The standard InChI is InChI=1S/C45H55N7O5/c1-5-51(38-15-22-57-23-16-38)41-26-36(25-39(32(41)4)43(54)46-27-40-30(2)24-31(3)47-44(40)55)35-10-6-33(7-11-35)28-49-18-20-50(21-19-49)29-34-8-12-37(13-9-34)52-17-14-42(53)48-45(52)56/h6-13,24-26,38H,5,14-23,27-29H2,1-4H3,(H,46,54)(H,47,55)(H,48,53,56). The number of carbonyl (C=O) groups is 3. The van der Waals surface area contributed by atoms with E-state index in [9.17, 15) is 19.2 Å². The van der Waals surface area contributed by atoms with Gasteiger partial charge in [0.25, 0.3) is 11.5 Å². The number of hydrogen-bond acceptors (Lipinski definition) is 8. The fraction of sp³-hybridized carbons (Fsp3) is 0.422. The molecule has 0 bridgehead atoms. The number of imide groups is 1. The fourth-order valence-electron chi connectivity index (χ4n) is 8.40. The first-order valence-electron chi connectivity index (χ1n) is 20.3. The minimum atomic E-state index is -0.363. The zero-order valence-corrected chi connectivity index (χ0v) is 33.7. The van der Waals surface area contributed by atoms with Gasteiger partial charge < -0.3 is 19.9 Å². The largest absolute Gasteiger partial charge is 0.381 e. The average molecular weight is 774 g/mol. The highest BCUT2D eigenvalue weighted by molar-refractivity contribution is 6.05. The zero-order valence-electron chi connectivity index (χ0n) is 33.7. The molecule has 3 aliphatic rings. The number of amides is 4. The number of piperazine rings is 1. The number of hydrogen-bond donors (Lipinski definition) is 3. The van der Waals surface area contributed by atoms with E-state index in [1.165, 1.54) is 11.1 Å². The van der Waals surface area contributed by atoms with E-state index in [-0.39, 0.29) is 29.9 Å². The maximum Gasteiger partial charge on any atom is 0.328 e. The van der Waals surface area contributed by atoms with Gasteiger partial charge in [-0.3, -0.25) is 34.4 Å². The maximum absolute atomic E-state index is 14.0. The van der Waals surface area contributed by atoms with Crippen molar-refractivity contribution < 1.29 is 19.1 Å². The van der Waals surface area contributed by atoms with Crippen LogP contribution in [0.5, 0.6) is 0 Å². The van der Waals surface area contributed by atoms with E-state index < -0.39 is 0 Å². The molecule has 4 aromatic rings. The summed E-state index contributed by atoms with van der Waals surface area (Å²) in [6.45, 7) is 16.4. The minimum Gasteiger partial charge on any atom is -0.381 e. The summed E-state index contributed by atoms with van der Waals surface area (Å²) >= 11 is 0. The van der Waals surface area contributed by atoms with Crippen LogP contribution in [0.25, 0.3) is 11.1 Å². The van der Waals surface area contributed by atoms with Gasteiger partial charge in [-0.15, -0.1) is 0 Å². The Morgan fingerprint density at radius 1 is 0.825 bits per heavy atom. The molecule has 57 heavy (non-hydrogen) atoms. The number of benzene rings is 3. The van der Waals surface area contributed by atoms with E-state index >= 15 is 0 Å². The quantitative estimate of drug-likeness (QED) is 0.168. The Morgan fingerprint density at radius 3 is 2.05 bits per heavy atom. The first kappa shape index (κ1) is 39.9. The molecule has 7 rings (SSSR count). The number of aromatic nitrogens is 1. The Labute approximate surface area is 335 Å². The van der Waals surface area contributed by atoms with Crippen molar-refractivity contribution >= 4 is 29.2 Å². The van der Waals surface area contributed by atoms with Crippen LogP contribution in [0.1, 0.15) is 70.1 Å². The summed E-state index contributed by atoms with van der Waals surface area (Å²) in [6.07, 6.45) is 2.19. The predicted octanol–water partition coefficient (Wildman–Crippen LogP) is 5.67. The number of aromatic amines is 1. The Balaban J connectivity index is 1.01. The second-order valence-corrected chi connectivity index (χ2v) is 15.6. The molecule has 300 valence electrons. The van der Waals surface area contributed by atoms with Gasteiger partial charge in [-0.2, -0.15) is 0 Å². The van der Waals surface area contributed by atoms with Crippen molar-refractivity contribution in [2.24, 2.45) is 0 Å². The monoisotopic (exact) mass is 773 g/mol. The number of anilines is 2. The smallest absolute Gasteiger partial charge is 0.328 e. The molecule has 12 heteroatoms. The fourth-order valence-corrected chi connectivity index (χ4v) is 8.40. The Bertz CT molecular complexity index is 2140. The third kappa shape index (κ3) is 9.47. The van der Waals surface area contributed by atoms with Gasteiger partial charge in [-0.1, -0.05) is 36.4 Å². The van der Waals surface area contributed by atoms with E-state index in [1.807, 2.05) is 45.0 Å². The zero-order chi connectivity index (χ0) is 40.1. The van der Waals surface area contributed by atoms with Gasteiger partial charge in [-0.05, 0) is 104 Å². The van der Waals surface area contributed by atoms with Gasteiger partial charge in [0, 0.05) is 113 Å². The summed E-state index contributed by atoms with van der Waals surface area (Å²) < 4.78 is 5.69. The van der Waals surface area contributed by atoms with Crippen LogP contribution in [-0.2, 0) is 29.2 Å². The molecule has 0 spiro atoms. The number of nitrogens with zero attached hydrogens (tertiary/aromatic N) is 4. The van der Waals surface area contributed by atoms with E-state index in [0.29, 0.717) is 30.1 Å². The number of ether oxygens (including phenoxy) is 1. The number of pyridine rings is 1. The molecule has 3 aliphatic heterocycles. The van der Waals surface area contributed by atoms with Crippen LogP contribution in [0, 0.1) is 20.8 Å². The van der Waals surface area contributed by atoms with Crippen molar-refractivity contribution in [3.05, 3.63) is 116 Å². The van der Waals surface area contributed by atoms with Crippen LogP contribution in [0.2, 0.25) is 0 Å². The molecule has 0 aliphatic carbocycles. The van der Waals surface area contributed by atoms with Gasteiger partial charge >= 0.3 is 6.03 Å². The van der Waals surface area contributed by atoms with E-state index in [0.717, 1.165) is 111 Å².